The van der Waals surface area contributed by atoms with E-state index in [2.05, 4.69) is 27.5 Å². The number of aliphatic hydroxyl groups excluding tert-OH is 1. The lowest BCUT2D eigenvalue weighted by Gasteiger charge is -2.37. The van der Waals surface area contributed by atoms with E-state index in [1.807, 2.05) is 33.8 Å². The molecule has 2 aliphatic rings. The second-order valence-electron chi connectivity index (χ2n) is 10.1. The third-order valence-corrected chi connectivity index (χ3v) is 8.19. The van der Waals surface area contributed by atoms with Crippen LogP contribution in [0.5, 0.6) is 0 Å². The lowest BCUT2D eigenvalue weighted by Crippen LogP contribution is -2.49. The van der Waals surface area contributed by atoms with Crippen molar-refractivity contribution < 1.29 is 23.1 Å². The van der Waals surface area contributed by atoms with E-state index in [9.17, 15) is 23.1 Å². The first kappa shape index (κ1) is 27.9. The lowest BCUT2D eigenvalue weighted by atomic mass is 10.0. The van der Waals surface area contributed by atoms with Gasteiger partial charge >= 0.3 is 6.18 Å². The molecule has 0 bridgehead atoms. The maximum Gasteiger partial charge on any atom is 0.418 e. The predicted molar refractivity (Wildman–Crippen MR) is 151 cm³/mol. The van der Waals surface area contributed by atoms with Crippen molar-refractivity contribution in [2.75, 3.05) is 44.2 Å². The highest BCUT2D eigenvalue weighted by molar-refractivity contribution is 14.1. The number of amides is 1. The minimum atomic E-state index is -4.40. The fourth-order valence-electron chi connectivity index (χ4n) is 5.47. The van der Waals surface area contributed by atoms with E-state index < -0.39 is 17.8 Å². The number of β-amino-alcohol motifs (C(OH)–C–C–N with tert-alkyl or cyclic N) is 1. The fraction of sp³-hybridized carbons (Fsp3) is 0.429. The molecule has 3 aromatic rings. The Hall–Kier alpha value is -2.64. The molecule has 1 fully saturated rings. The van der Waals surface area contributed by atoms with Crippen LogP contribution in [0.2, 0.25) is 0 Å². The molecule has 1 N–H and O–H groups in total. The van der Waals surface area contributed by atoms with Crippen LogP contribution < -0.4 is 4.90 Å². The van der Waals surface area contributed by atoms with Crippen molar-refractivity contribution in [2.45, 2.75) is 38.7 Å². The SMILES string of the molecule is CC(=O)N1CCc2c(c(-c3ccc(I)cc3)nn2CC(O)CN2CCN(c3ccccc3C(F)(F)F)CC2)C1. The number of nitrogens with zero attached hydrogens (tertiary/aromatic N) is 5. The molecule has 5 rings (SSSR count). The van der Waals surface area contributed by atoms with Crippen LogP contribution in [-0.4, -0.2) is 76.0 Å². The van der Waals surface area contributed by atoms with Crippen molar-refractivity contribution >= 4 is 34.2 Å². The molecule has 2 aromatic carbocycles. The highest BCUT2D eigenvalue weighted by atomic mass is 127. The van der Waals surface area contributed by atoms with E-state index in [0.29, 0.717) is 58.8 Å². The molecule has 1 atom stereocenters. The molecule has 0 saturated carbocycles. The molecular formula is C28H31F3IN5O2. The number of hydrogen-bond donors (Lipinski definition) is 1. The van der Waals surface area contributed by atoms with Crippen molar-refractivity contribution in [1.82, 2.24) is 19.6 Å². The third-order valence-electron chi connectivity index (χ3n) is 7.47. The van der Waals surface area contributed by atoms with Crippen LogP contribution in [0.4, 0.5) is 18.9 Å². The molecule has 7 nitrogen and oxygen atoms in total. The standard InChI is InChI=1S/C28H31F3IN5O2/c1-19(38)36-11-10-25-23(18-36)27(20-6-8-21(32)9-7-20)33-37(25)17-22(39)16-34-12-14-35(15-13-34)26-5-3-2-4-24(26)28(29,30)31/h2-9,22,39H,10-18H2,1H3. The van der Waals surface area contributed by atoms with Crippen LogP contribution in [-0.2, 0) is 30.5 Å². The first-order valence-corrected chi connectivity index (χ1v) is 14.1. The van der Waals surface area contributed by atoms with Gasteiger partial charge in [0, 0.05) is 85.2 Å². The smallest absolute Gasteiger partial charge is 0.390 e. The number of benzene rings is 2. The van der Waals surface area contributed by atoms with Crippen molar-refractivity contribution in [3.05, 3.63) is 68.9 Å². The van der Waals surface area contributed by atoms with Gasteiger partial charge in [-0.2, -0.15) is 18.3 Å². The number of carbonyl (C=O) groups excluding carboxylic acids is 1. The van der Waals surface area contributed by atoms with Crippen molar-refractivity contribution in [3.8, 4) is 11.3 Å². The molecule has 0 aliphatic carbocycles. The summed E-state index contributed by atoms with van der Waals surface area (Å²) in [6.07, 6.45) is -4.43. The topological polar surface area (TPSA) is 64.8 Å². The first-order valence-electron chi connectivity index (χ1n) is 13.0. The molecule has 3 heterocycles. The summed E-state index contributed by atoms with van der Waals surface area (Å²) in [5.41, 5.74) is 3.44. The van der Waals surface area contributed by atoms with Crippen molar-refractivity contribution in [3.63, 3.8) is 0 Å². The lowest BCUT2D eigenvalue weighted by molar-refractivity contribution is -0.137. The number of alkyl halides is 3. The number of carbonyl (C=O) groups is 1. The molecule has 2 aliphatic heterocycles. The zero-order chi connectivity index (χ0) is 27.7. The molecular weight excluding hydrogens is 622 g/mol. The maximum absolute atomic E-state index is 13.5. The minimum Gasteiger partial charge on any atom is -0.390 e. The largest absolute Gasteiger partial charge is 0.418 e. The summed E-state index contributed by atoms with van der Waals surface area (Å²) in [4.78, 5) is 17.8. The molecule has 1 unspecified atom stereocenters. The Morgan fingerprint density at radius 2 is 1.72 bits per heavy atom. The number of halogens is 4. The van der Waals surface area contributed by atoms with Crippen LogP contribution in [0.1, 0.15) is 23.7 Å². The van der Waals surface area contributed by atoms with Gasteiger partial charge in [-0.05, 0) is 46.9 Å². The van der Waals surface area contributed by atoms with Crippen molar-refractivity contribution in [2.24, 2.45) is 0 Å². The van der Waals surface area contributed by atoms with E-state index in [1.54, 1.807) is 17.9 Å². The van der Waals surface area contributed by atoms with Gasteiger partial charge in [-0.15, -0.1) is 0 Å². The number of fused-ring (bicyclic) bond motifs is 1. The zero-order valence-corrected chi connectivity index (χ0v) is 23.8. The Balaban J connectivity index is 1.26. The number of aliphatic hydroxyl groups is 1. The van der Waals surface area contributed by atoms with Gasteiger partial charge in [0.25, 0.3) is 0 Å². The summed E-state index contributed by atoms with van der Waals surface area (Å²) in [6.45, 7) is 5.41. The normalized spacial score (nSPS) is 17.3. The summed E-state index contributed by atoms with van der Waals surface area (Å²) in [5, 5.41) is 15.9. The van der Waals surface area contributed by atoms with Crippen LogP contribution in [0.15, 0.2) is 48.5 Å². The Kier molecular flexibility index (Phi) is 8.20. The molecule has 0 radical (unpaired) electrons. The molecule has 39 heavy (non-hydrogen) atoms. The van der Waals surface area contributed by atoms with Gasteiger partial charge in [0.05, 0.1) is 23.9 Å². The Morgan fingerprint density at radius 1 is 1.03 bits per heavy atom. The van der Waals surface area contributed by atoms with Gasteiger partial charge < -0.3 is 14.9 Å². The molecule has 11 heteroatoms. The second kappa shape index (κ2) is 11.5. The Morgan fingerprint density at radius 3 is 2.38 bits per heavy atom. The van der Waals surface area contributed by atoms with E-state index in [0.717, 1.165) is 32.2 Å². The van der Waals surface area contributed by atoms with Crippen LogP contribution in [0, 0.1) is 3.57 Å². The third kappa shape index (κ3) is 6.25. The number of piperazine rings is 1. The zero-order valence-electron chi connectivity index (χ0n) is 21.7. The summed E-state index contributed by atoms with van der Waals surface area (Å²) < 4.78 is 43.4. The second-order valence-corrected chi connectivity index (χ2v) is 11.4. The van der Waals surface area contributed by atoms with E-state index in [-0.39, 0.29) is 11.6 Å². The maximum atomic E-state index is 13.5. The van der Waals surface area contributed by atoms with E-state index >= 15 is 0 Å². The van der Waals surface area contributed by atoms with E-state index in [1.165, 1.54) is 12.1 Å². The predicted octanol–water partition coefficient (Wildman–Crippen LogP) is 4.26. The number of hydrogen-bond acceptors (Lipinski definition) is 5. The highest BCUT2D eigenvalue weighted by Crippen LogP contribution is 2.37. The molecule has 1 saturated heterocycles. The quantitative estimate of drug-likeness (QED) is 0.404. The van der Waals surface area contributed by atoms with Gasteiger partial charge in [-0.25, -0.2) is 0 Å². The monoisotopic (exact) mass is 653 g/mol. The van der Waals surface area contributed by atoms with Crippen LogP contribution in [0.3, 0.4) is 0 Å². The average molecular weight is 653 g/mol. The van der Waals surface area contributed by atoms with Gasteiger partial charge in [-0.1, -0.05) is 24.3 Å². The molecule has 0 spiro atoms. The Bertz CT molecular complexity index is 1320. The summed E-state index contributed by atoms with van der Waals surface area (Å²) in [7, 11) is 0. The first-order chi connectivity index (χ1) is 18.6. The molecule has 1 amide bonds. The summed E-state index contributed by atoms with van der Waals surface area (Å²) >= 11 is 2.26. The van der Waals surface area contributed by atoms with Crippen molar-refractivity contribution in [1.29, 1.82) is 0 Å². The molecule has 1 aromatic heterocycles. The number of rotatable bonds is 6. The highest BCUT2D eigenvalue weighted by Gasteiger charge is 2.35. The molecule has 208 valence electrons. The Labute approximate surface area is 239 Å². The number of para-hydroxylation sites is 1. The van der Waals surface area contributed by atoms with Gasteiger partial charge in [0.15, 0.2) is 0 Å². The summed E-state index contributed by atoms with van der Waals surface area (Å²) in [5.74, 6) is 0.0268. The van der Waals surface area contributed by atoms with Gasteiger partial charge in [0.2, 0.25) is 5.91 Å². The number of anilines is 1. The van der Waals surface area contributed by atoms with Crippen LogP contribution >= 0.6 is 22.6 Å². The van der Waals surface area contributed by atoms with Gasteiger partial charge in [-0.3, -0.25) is 14.4 Å². The van der Waals surface area contributed by atoms with E-state index in [4.69, 9.17) is 5.10 Å². The van der Waals surface area contributed by atoms with Crippen LogP contribution in [0.25, 0.3) is 11.3 Å². The van der Waals surface area contributed by atoms with Gasteiger partial charge in [0.1, 0.15) is 0 Å². The average Bonchev–Trinajstić information content (AvgIpc) is 3.26. The summed E-state index contributed by atoms with van der Waals surface area (Å²) in [6, 6.07) is 13.8. The fourth-order valence-corrected chi connectivity index (χ4v) is 5.83. The minimum absolute atomic E-state index is 0.0268. The number of aromatic nitrogens is 2.